The van der Waals surface area contributed by atoms with Gasteiger partial charge in [-0.25, -0.2) is 4.79 Å². The number of carbonyl (C=O) groups is 3. The number of methoxy groups -OCH3 is 1. The van der Waals surface area contributed by atoms with Gasteiger partial charge < -0.3 is 24.7 Å². The van der Waals surface area contributed by atoms with Crippen molar-refractivity contribution in [3.8, 4) is 5.75 Å². The first-order valence-corrected chi connectivity index (χ1v) is 11.9. The van der Waals surface area contributed by atoms with Crippen LogP contribution in [0.4, 0.5) is 0 Å². The predicted octanol–water partition coefficient (Wildman–Crippen LogP) is 3.30. The summed E-state index contributed by atoms with van der Waals surface area (Å²) in [6, 6.07) is 7.60. The Morgan fingerprint density at radius 1 is 1.21 bits per heavy atom. The first kappa shape index (κ1) is 25.3. The Labute approximate surface area is 201 Å². The van der Waals surface area contributed by atoms with Crippen molar-refractivity contribution in [2.45, 2.75) is 53.0 Å². The molecule has 3 rings (SSSR count). The normalized spacial score (nSPS) is 15.6. The van der Waals surface area contributed by atoms with E-state index in [2.05, 4.69) is 10.3 Å². The number of aromatic amines is 1. The van der Waals surface area contributed by atoms with Gasteiger partial charge in [0.2, 0.25) is 11.8 Å². The monoisotopic (exact) mass is 469 g/mol. The smallest absolute Gasteiger partial charge is 0.355 e. The van der Waals surface area contributed by atoms with Crippen molar-refractivity contribution < 1.29 is 23.9 Å². The van der Waals surface area contributed by atoms with Crippen molar-refractivity contribution in [2.24, 2.45) is 5.92 Å². The molecule has 1 fully saturated rings. The second kappa shape index (κ2) is 11.7. The molecule has 0 spiro atoms. The lowest BCUT2D eigenvalue weighted by atomic mass is 9.96. The van der Waals surface area contributed by atoms with E-state index in [0.717, 1.165) is 41.0 Å². The highest BCUT2D eigenvalue weighted by molar-refractivity contribution is 5.90. The molecule has 184 valence electrons. The van der Waals surface area contributed by atoms with E-state index in [-0.39, 0.29) is 23.7 Å². The van der Waals surface area contributed by atoms with Gasteiger partial charge in [0.25, 0.3) is 0 Å². The Hall–Kier alpha value is -3.29. The number of esters is 1. The number of nitrogens with zero attached hydrogens (tertiary/aromatic N) is 1. The van der Waals surface area contributed by atoms with Gasteiger partial charge in [-0.2, -0.15) is 0 Å². The number of H-pyrrole nitrogens is 1. The van der Waals surface area contributed by atoms with Crippen LogP contribution in [0.15, 0.2) is 24.3 Å². The maximum Gasteiger partial charge on any atom is 0.355 e. The van der Waals surface area contributed by atoms with E-state index in [1.165, 1.54) is 0 Å². The fourth-order valence-corrected chi connectivity index (χ4v) is 4.55. The summed E-state index contributed by atoms with van der Waals surface area (Å²) in [4.78, 5) is 42.7. The molecule has 8 heteroatoms. The number of benzene rings is 1. The number of aromatic nitrogens is 1. The highest BCUT2D eigenvalue weighted by Gasteiger charge is 2.28. The minimum Gasteiger partial charge on any atom is -0.496 e. The first-order valence-electron chi connectivity index (χ1n) is 11.9. The molecule has 0 saturated carbocycles. The zero-order chi connectivity index (χ0) is 24.7. The number of piperidine rings is 1. The molecule has 0 aliphatic carbocycles. The molecule has 1 aromatic heterocycles. The number of hydrogen-bond acceptors (Lipinski definition) is 5. The van der Waals surface area contributed by atoms with Gasteiger partial charge in [-0.15, -0.1) is 0 Å². The van der Waals surface area contributed by atoms with Gasteiger partial charge >= 0.3 is 5.97 Å². The molecule has 1 atom stereocenters. The number of ether oxygens (including phenoxy) is 2. The van der Waals surface area contributed by atoms with Crippen LogP contribution in [0.5, 0.6) is 5.75 Å². The van der Waals surface area contributed by atoms with E-state index in [0.29, 0.717) is 44.8 Å². The van der Waals surface area contributed by atoms with Crippen LogP contribution in [0, 0.1) is 19.8 Å². The van der Waals surface area contributed by atoms with Crippen LogP contribution in [0.1, 0.15) is 59.1 Å². The van der Waals surface area contributed by atoms with Crippen molar-refractivity contribution in [2.75, 3.05) is 26.8 Å². The van der Waals surface area contributed by atoms with Crippen LogP contribution < -0.4 is 10.1 Å². The lowest BCUT2D eigenvalue weighted by molar-refractivity contribution is -0.135. The Morgan fingerprint density at radius 3 is 2.71 bits per heavy atom. The fourth-order valence-electron chi connectivity index (χ4n) is 4.55. The zero-order valence-electron chi connectivity index (χ0n) is 20.5. The molecule has 1 aliphatic heterocycles. The standard InChI is InChI=1S/C26H35N3O5/c1-5-34-26(32)24-17(2)21(18(3)28-24)12-13-23(30)29-14-8-10-20(16-29)25(31)27-15-19-9-6-7-11-22(19)33-4/h6-7,9,11,20,28H,5,8,10,12-16H2,1-4H3,(H,27,31). The van der Waals surface area contributed by atoms with E-state index in [1.807, 2.05) is 38.1 Å². The van der Waals surface area contributed by atoms with Gasteiger partial charge in [-0.3, -0.25) is 9.59 Å². The molecule has 0 bridgehead atoms. The molecular formula is C26H35N3O5. The van der Waals surface area contributed by atoms with E-state index < -0.39 is 0 Å². The van der Waals surface area contributed by atoms with Crippen molar-refractivity contribution >= 4 is 17.8 Å². The van der Waals surface area contributed by atoms with Gasteiger partial charge in [0.1, 0.15) is 11.4 Å². The molecule has 2 amide bonds. The maximum atomic E-state index is 12.9. The third-order valence-electron chi connectivity index (χ3n) is 6.45. The molecule has 8 nitrogen and oxygen atoms in total. The average Bonchev–Trinajstić information content (AvgIpc) is 3.14. The molecule has 0 radical (unpaired) electrons. The topological polar surface area (TPSA) is 101 Å². The quantitative estimate of drug-likeness (QED) is 0.549. The largest absolute Gasteiger partial charge is 0.496 e. The highest BCUT2D eigenvalue weighted by Crippen LogP contribution is 2.23. The average molecular weight is 470 g/mol. The second-order valence-electron chi connectivity index (χ2n) is 8.66. The van der Waals surface area contributed by atoms with Crippen LogP contribution in [0.3, 0.4) is 0 Å². The number of carbonyl (C=O) groups excluding carboxylic acids is 3. The molecule has 1 aliphatic rings. The summed E-state index contributed by atoms with van der Waals surface area (Å²) in [6.07, 6.45) is 2.43. The number of para-hydroxylation sites is 1. The number of hydrogen-bond donors (Lipinski definition) is 2. The van der Waals surface area contributed by atoms with Gasteiger partial charge in [0, 0.05) is 37.3 Å². The summed E-state index contributed by atoms with van der Waals surface area (Å²) in [5.41, 5.74) is 4.05. The number of rotatable bonds is 9. The molecule has 1 unspecified atom stereocenters. The highest BCUT2D eigenvalue weighted by atomic mass is 16.5. The third-order valence-corrected chi connectivity index (χ3v) is 6.45. The molecule has 2 heterocycles. The number of nitrogens with one attached hydrogen (secondary N) is 2. The minimum absolute atomic E-state index is 0.0277. The van der Waals surface area contributed by atoms with Gasteiger partial charge in [-0.05, 0) is 57.2 Å². The number of likely N-dealkylation sites (tertiary alicyclic amines) is 1. The van der Waals surface area contributed by atoms with Crippen molar-refractivity contribution in [3.63, 3.8) is 0 Å². The molecule has 34 heavy (non-hydrogen) atoms. The van der Waals surface area contributed by atoms with Crippen LogP contribution in [0.2, 0.25) is 0 Å². The summed E-state index contributed by atoms with van der Waals surface area (Å²) < 4.78 is 10.4. The number of aryl methyl sites for hydroxylation is 1. The lowest BCUT2D eigenvalue weighted by Gasteiger charge is -2.32. The van der Waals surface area contributed by atoms with Gasteiger partial charge in [0.05, 0.1) is 19.6 Å². The Balaban J connectivity index is 1.54. The fraction of sp³-hybridized carbons (Fsp3) is 0.500. The summed E-state index contributed by atoms with van der Waals surface area (Å²) in [7, 11) is 1.61. The van der Waals surface area contributed by atoms with Crippen molar-refractivity contribution in [1.29, 1.82) is 0 Å². The van der Waals surface area contributed by atoms with E-state index in [4.69, 9.17) is 9.47 Å². The summed E-state index contributed by atoms with van der Waals surface area (Å²) >= 11 is 0. The van der Waals surface area contributed by atoms with Crippen LogP contribution in [0.25, 0.3) is 0 Å². The molecule has 1 aromatic carbocycles. The zero-order valence-corrected chi connectivity index (χ0v) is 20.5. The van der Waals surface area contributed by atoms with Crippen LogP contribution in [-0.4, -0.2) is 54.5 Å². The molecule has 2 aromatic rings. The summed E-state index contributed by atoms with van der Waals surface area (Å²) in [6.45, 7) is 7.34. The lowest BCUT2D eigenvalue weighted by Crippen LogP contribution is -2.45. The van der Waals surface area contributed by atoms with E-state index in [1.54, 1.807) is 18.9 Å². The van der Waals surface area contributed by atoms with Crippen molar-refractivity contribution in [3.05, 3.63) is 52.3 Å². The SMILES string of the molecule is CCOC(=O)c1[nH]c(C)c(CCC(=O)N2CCCC(C(=O)NCc3ccccc3OC)C2)c1C. The molecule has 1 saturated heterocycles. The molecule has 2 N–H and O–H groups in total. The van der Waals surface area contributed by atoms with Crippen LogP contribution in [-0.2, 0) is 27.3 Å². The van der Waals surface area contributed by atoms with Crippen LogP contribution >= 0.6 is 0 Å². The predicted molar refractivity (Wildman–Crippen MR) is 129 cm³/mol. The van der Waals surface area contributed by atoms with Crippen molar-refractivity contribution in [1.82, 2.24) is 15.2 Å². The summed E-state index contributed by atoms with van der Waals surface area (Å²) in [5, 5.41) is 2.99. The van der Waals surface area contributed by atoms with E-state index >= 15 is 0 Å². The van der Waals surface area contributed by atoms with E-state index in [9.17, 15) is 14.4 Å². The maximum absolute atomic E-state index is 12.9. The Bertz CT molecular complexity index is 1030. The Morgan fingerprint density at radius 2 is 1.97 bits per heavy atom. The van der Waals surface area contributed by atoms with Gasteiger partial charge in [-0.1, -0.05) is 18.2 Å². The van der Waals surface area contributed by atoms with Gasteiger partial charge in [0.15, 0.2) is 0 Å². The Kier molecular flexibility index (Phi) is 8.73. The first-order chi connectivity index (χ1) is 16.3. The minimum atomic E-state index is -0.376. The molecular weight excluding hydrogens is 434 g/mol. The second-order valence-corrected chi connectivity index (χ2v) is 8.66. The third kappa shape index (κ3) is 5.98. The summed E-state index contributed by atoms with van der Waals surface area (Å²) in [5.74, 6) is 0.127. The number of amides is 2.